The molecule has 0 aliphatic rings. The Labute approximate surface area is 133 Å². The van der Waals surface area contributed by atoms with Crippen molar-refractivity contribution >= 4 is 34.9 Å². The zero-order valence-corrected chi connectivity index (χ0v) is 13.1. The van der Waals surface area contributed by atoms with Crippen molar-refractivity contribution in [3.63, 3.8) is 0 Å². The molecule has 0 amide bonds. The lowest BCUT2D eigenvalue weighted by atomic mass is 10.1. The minimum absolute atomic E-state index is 0.454. The average Bonchev–Trinajstić information content (AvgIpc) is 2.45. The van der Waals surface area contributed by atoms with Crippen LogP contribution in [0.3, 0.4) is 0 Å². The van der Waals surface area contributed by atoms with E-state index in [4.69, 9.17) is 28.0 Å². The third-order valence-corrected chi connectivity index (χ3v) is 3.50. The molecule has 108 valence electrons. The lowest BCUT2D eigenvalue weighted by Crippen LogP contribution is -2.05. The van der Waals surface area contributed by atoms with E-state index < -0.39 is 5.97 Å². The van der Waals surface area contributed by atoms with E-state index in [1.165, 1.54) is 0 Å². The summed E-state index contributed by atoms with van der Waals surface area (Å²) in [6.07, 6.45) is 0. The molecule has 2 rings (SSSR count). The standard InChI is InChI=1S/C16H13Cl2NO2/c1-10-5-3-4-6-13(10)16(20)21-19-11(2)14-8-7-12(17)9-15(14)18/h3-9H,1-2H3/b19-11-. The van der Waals surface area contributed by atoms with Crippen LogP contribution in [0, 0.1) is 6.92 Å². The van der Waals surface area contributed by atoms with Gasteiger partial charge in [-0.3, -0.25) is 0 Å². The van der Waals surface area contributed by atoms with Gasteiger partial charge in [0.2, 0.25) is 0 Å². The van der Waals surface area contributed by atoms with Gasteiger partial charge in [-0.05, 0) is 37.6 Å². The zero-order valence-electron chi connectivity index (χ0n) is 11.6. The summed E-state index contributed by atoms with van der Waals surface area (Å²) in [4.78, 5) is 16.9. The first kappa shape index (κ1) is 15.5. The second-order valence-electron chi connectivity index (χ2n) is 4.49. The number of carbonyl (C=O) groups is 1. The van der Waals surface area contributed by atoms with Gasteiger partial charge in [-0.2, -0.15) is 0 Å². The number of nitrogens with zero attached hydrogens (tertiary/aromatic N) is 1. The van der Waals surface area contributed by atoms with Gasteiger partial charge >= 0.3 is 5.97 Å². The molecule has 0 radical (unpaired) electrons. The topological polar surface area (TPSA) is 38.7 Å². The molecule has 2 aromatic rings. The Morgan fingerprint density at radius 1 is 1.10 bits per heavy atom. The fraction of sp³-hybridized carbons (Fsp3) is 0.125. The van der Waals surface area contributed by atoms with Gasteiger partial charge in [0.1, 0.15) is 0 Å². The number of aryl methyl sites for hydroxylation is 1. The van der Waals surface area contributed by atoms with Crippen molar-refractivity contribution in [1.29, 1.82) is 0 Å². The molecule has 0 aromatic heterocycles. The second-order valence-corrected chi connectivity index (χ2v) is 5.34. The van der Waals surface area contributed by atoms with E-state index in [0.29, 0.717) is 26.9 Å². The minimum Gasteiger partial charge on any atom is -0.313 e. The molecule has 21 heavy (non-hydrogen) atoms. The van der Waals surface area contributed by atoms with Crippen LogP contribution in [0.25, 0.3) is 0 Å². The summed E-state index contributed by atoms with van der Waals surface area (Å²) in [6, 6.07) is 12.2. The first-order valence-electron chi connectivity index (χ1n) is 6.26. The van der Waals surface area contributed by atoms with Crippen LogP contribution < -0.4 is 0 Å². The summed E-state index contributed by atoms with van der Waals surface area (Å²) in [7, 11) is 0. The van der Waals surface area contributed by atoms with Gasteiger partial charge in [0, 0.05) is 10.6 Å². The quantitative estimate of drug-likeness (QED) is 0.459. The van der Waals surface area contributed by atoms with Crippen LogP contribution in [-0.4, -0.2) is 11.7 Å². The number of carbonyl (C=O) groups excluding carboxylic acids is 1. The monoisotopic (exact) mass is 321 g/mol. The van der Waals surface area contributed by atoms with Crippen molar-refractivity contribution in [2.24, 2.45) is 5.16 Å². The van der Waals surface area contributed by atoms with Crippen molar-refractivity contribution < 1.29 is 9.63 Å². The Bertz CT molecular complexity index is 711. The van der Waals surface area contributed by atoms with Gasteiger partial charge in [0.05, 0.1) is 16.3 Å². The first-order valence-corrected chi connectivity index (χ1v) is 7.01. The Morgan fingerprint density at radius 3 is 2.48 bits per heavy atom. The molecule has 0 aliphatic carbocycles. The molecule has 0 fully saturated rings. The third kappa shape index (κ3) is 3.84. The van der Waals surface area contributed by atoms with Gasteiger partial charge in [0.15, 0.2) is 0 Å². The summed E-state index contributed by atoms with van der Waals surface area (Å²) in [5.74, 6) is -0.502. The van der Waals surface area contributed by atoms with E-state index in [1.807, 2.05) is 19.1 Å². The van der Waals surface area contributed by atoms with E-state index >= 15 is 0 Å². The van der Waals surface area contributed by atoms with Crippen molar-refractivity contribution in [2.75, 3.05) is 0 Å². The summed E-state index contributed by atoms with van der Waals surface area (Å²) >= 11 is 11.9. The highest BCUT2D eigenvalue weighted by molar-refractivity contribution is 6.37. The van der Waals surface area contributed by atoms with Crippen LogP contribution in [-0.2, 0) is 4.84 Å². The summed E-state index contributed by atoms with van der Waals surface area (Å²) in [5.41, 5.74) is 2.48. The Kier molecular flexibility index (Phi) is 4.99. The molecule has 0 saturated carbocycles. The number of halogens is 2. The normalized spacial score (nSPS) is 11.3. The third-order valence-electron chi connectivity index (χ3n) is 2.95. The largest absolute Gasteiger partial charge is 0.365 e. The van der Waals surface area contributed by atoms with Crippen LogP contribution in [0.15, 0.2) is 47.6 Å². The minimum atomic E-state index is -0.502. The molecule has 0 bridgehead atoms. The maximum Gasteiger partial charge on any atom is 0.365 e. The predicted molar refractivity (Wildman–Crippen MR) is 85.3 cm³/mol. The molecule has 3 nitrogen and oxygen atoms in total. The maximum atomic E-state index is 12.0. The van der Waals surface area contributed by atoms with E-state index in [0.717, 1.165) is 5.56 Å². The SMILES string of the molecule is C/C(=N/OC(=O)c1ccccc1C)c1ccc(Cl)cc1Cl. The average molecular weight is 322 g/mol. The highest BCUT2D eigenvalue weighted by atomic mass is 35.5. The van der Waals surface area contributed by atoms with E-state index in [-0.39, 0.29) is 0 Å². The van der Waals surface area contributed by atoms with Gasteiger partial charge in [-0.25, -0.2) is 4.79 Å². The molecular weight excluding hydrogens is 309 g/mol. The fourth-order valence-corrected chi connectivity index (χ4v) is 2.34. The second kappa shape index (κ2) is 6.74. The first-order chi connectivity index (χ1) is 9.99. The molecule has 5 heteroatoms. The molecule has 0 atom stereocenters. The van der Waals surface area contributed by atoms with Gasteiger partial charge in [0.25, 0.3) is 0 Å². The van der Waals surface area contributed by atoms with Crippen molar-refractivity contribution in [3.05, 3.63) is 69.2 Å². The van der Waals surface area contributed by atoms with Crippen molar-refractivity contribution in [2.45, 2.75) is 13.8 Å². The predicted octanol–water partition coefficient (Wildman–Crippen LogP) is 4.88. The molecule has 0 N–H and O–H groups in total. The highest BCUT2D eigenvalue weighted by Crippen LogP contribution is 2.21. The Balaban J connectivity index is 2.17. The highest BCUT2D eigenvalue weighted by Gasteiger charge is 2.11. The lowest BCUT2D eigenvalue weighted by molar-refractivity contribution is 0.0515. The number of oxime groups is 1. The smallest absolute Gasteiger partial charge is 0.313 e. The van der Waals surface area contributed by atoms with Gasteiger partial charge in [-0.1, -0.05) is 52.6 Å². The van der Waals surface area contributed by atoms with Crippen molar-refractivity contribution in [1.82, 2.24) is 0 Å². The van der Waals surface area contributed by atoms with Crippen LogP contribution >= 0.6 is 23.2 Å². The van der Waals surface area contributed by atoms with E-state index in [9.17, 15) is 4.79 Å². The molecule has 0 spiro atoms. The lowest BCUT2D eigenvalue weighted by Gasteiger charge is -2.05. The molecule has 2 aromatic carbocycles. The molecule has 0 heterocycles. The maximum absolute atomic E-state index is 12.0. The molecule has 0 aliphatic heterocycles. The Morgan fingerprint density at radius 2 is 1.81 bits per heavy atom. The summed E-state index contributed by atoms with van der Waals surface area (Å²) in [6.45, 7) is 3.55. The summed E-state index contributed by atoms with van der Waals surface area (Å²) in [5, 5.41) is 4.83. The molecule has 0 unspecified atom stereocenters. The van der Waals surface area contributed by atoms with Crippen LogP contribution in [0.2, 0.25) is 10.0 Å². The van der Waals surface area contributed by atoms with Crippen LogP contribution in [0.1, 0.15) is 28.4 Å². The molecular formula is C16H13Cl2NO2. The van der Waals surface area contributed by atoms with Gasteiger partial charge < -0.3 is 4.84 Å². The van der Waals surface area contributed by atoms with E-state index in [1.54, 1.807) is 37.3 Å². The fourth-order valence-electron chi connectivity index (χ4n) is 1.79. The van der Waals surface area contributed by atoms with Crippen molar-refractivity contribution in [3.8, 4) is 0 Å². The molecule has 0 saturated heterocycles. The summed E-state index contributed by atoms with van der Waals surface area (Å²) < 4.78 is 0. The zero-order chi connectivity index (χ0) is 15.4. The number of hydrogen-bond donors (Lipinski definition) is 0. The van der Waals surface area contributed by atoms with E-state index in [2.05, 4.69) is 5.16 Å². The number of rotatable bonds is 3. The number of benzene rings is 2. The van der Waals surface area contributed by atoms with Crippen LogP contribution in [0.4, 0.5) is 0 Å². The van der Waals surface area contributed by atoms with Crippen LogP contribution in [0.5, 0.6) is 0 Å². The van der Waals surface area contributed by atoms with Gasteiger partial charge in [-0.15, -0.1) is 0 Å². The number of hydrogen-bond acceptors (Lipinski definition) is 3. The Hall–Kier alpha value is -1.84.